The Hall–Kier alpha value is -3.28. The second-order valence-electron chi connectivity index (χ2n) is 7.54. The molecule has 6 nitrogen and oxygen atoms in total. The van der Waals surface area contributed by atoms with E-state index < -0.39 is 12.0 Å². The standard InChI is InChI=1S/C23H24N2O4/c1-14-11-18(14)21-9-7-16(29-21)8-10-22(26)25-20(23(27)28-2)12-15-13-24-19-6-4-3-5-17(15)19/h3-10,13-14,18,20,24H,11-12H2,1-2H3,(H,25,26)/b10-8+. The molecule has 1 saturated carbocycles. The maximum atomic E-state index is 12.4. The number of carbonyl (C=O) groups is 2. The number of carbonyl (C=O) groups excluding carboxylic acids is 2. The zero-order valence-corrected chi connectivity index (χ0v) is 16.5. The summed E-state index contributed by atoms with van der Waals surface area (Å²) in [5.41, 5.74) is 1.92. The van der Waals surface area contributed by atoms with Gasteiger partial charge in [-0.05, 0) is 42.2 Å². The van der Waals surface area contributed by atoms with E-state index in [0.29, 0.717) is 24.0 Å². The first-order valence-electron chi connectivity index (χ1n) is 9.76. The van der Waals surface area contributed by atoms with Crippen molar-refractivity contribution in [3.63, 3.8) is 0 Å². The van der Waals surface area contributed by atoms with Gasteiger partial charge >= 0.3 is 5.97 Å². The van der Waals surface area contributed by atoms with Crippen LogP contribution in [0.15, 0.2) is 53.1 Å². The second-order valence-corrected chi connectivity index (χ2v) is 7.54. The molecule has 3 unspecified atom stereocenters. The van der Waals surface area contributed by atoms with E-state index in [2.05, 4.69) is 17.2 Å². The number of benzene rings is 1. The van der Waals surface area contributed by atoms with Gasteiger partial charge in [0, 0.05) is 35.5 Å². The summed E-state index contributed by atoms with van der Waals surface area (Å²) < 4.78 is 10.6. The molecule has 0 radical (unpaired) electrons. The molecule has 3 atom stereocenters. The maximum absolute atomic E-state index is 12.4. The molecule has 4 rings (SSSR count). The number of fused-ring (bicyclic) bond motifs is 1. The number of aromatic amines is 1. The van der Waals surface area contributed by atoms with Crippen LogP contribution in [0.2, 0.25) is 0 Å². The van der Waals surface area contributed by atoms with E-state index in [1.54, 1.807) is 6.08 Å². The molecule has 3 aromatic rings. The lowest BCUT2D eigenvalue weighted by Crippen LogP contribution is -2.42. The van der Waals surface area contributed by atoms with Gasteiger partial charge in [-0.2, -0.15) is 0 Å². The van der Waals surface area contributed by atoms with Crippen molar-refractivity contribution < 1.29 is 18.7 Å². The average Bonchev–Trinajstić information content (AvgIpc) is 3.12. The Balaban J connectivity index is 1.42. The first-order chi connectivity index (χ1) is 14.0. The van der Waals surface area contributed by atoms with Gasteiger partial charge in [-0.25, -0.2) is 4.79 Å². The molecule has 2 aromatic heterocycles. The number of amides is 1. The van der Waals surface area contributed by atoms with Crippen LogP contribution in [-0.2, 0) is 20.7 Å². The van der Waals surface area contributed by atoms with Gasteiger partial charge in [0.25, 0.3) is 0 Å². The minimum atomic E-state index is -0.782. The average molecular weight is 392 g/mol. The van der Waals surface area contributed by atoms with Gasteiger partial charge in [0.2, 0.25) is 5.91 Å². The molecule has 2 heterocycles. The third-order valence-corrected chi connectivity index (χ3v) is 5.42. The summed E-state index contributed by atoms with van der Waals surface area (Å²) in [7, 11) is 1.32. The third kappa shape index (κ3) is 4.26. The number of methoxy groups -OCH3 is 1. The van der Waals surface area contributed by atoms with Crippen molar-refractivity contribution >= 4 is 28.9 Å². The van der Waals surface area contributed by atoms with Crippen LogP contribution < -0.4 is 5.32 Å². The Morgan fingerprint density at radius 1 is 1.31 bits per heavy atom. The fourth-order valence-corrected chi connectivity index (χ4v) is 3.61. The van der Waals surface area contributed by atoms with Crippen LogP contribution in [0.1, 0.15) is 36.3 Å². The van der Waals surface area contributed by atoms with E-state index in [4.69, 9.17) is 9.15 Å². The van der Waals surface area contributed by atoms with Gasteiger partial charge in [0.05, 0.1) is 7.11 Å². The number of para-hydroxylation sites is 1. The molecule has 6 heteroatoms. The van der Waals surface area contributed by atoms with Crippen LogP contribution in [0.5, 0.6) is 0 Å². The maximum Gasteiger partial charge on any atom is 0.328 e. The van der Waals surface area contributed by atoms with Gasteiger partial charge in [-0.15, -0.1) is 0 Å². The minimum Gasteiger partial charge on any atom is -0.467 e. The number of nitrogens with one attached hydrogen (secondary N) is 2. The lowest BCUT2D eigenvalue weighted by atomic mass is 10.0. The normalized spacial score (nSPS) is 19.4. The van der Waals surface area contributed by atoms with E-state index in [-0.39, 0.29) is 5.91 Å². The van der Waals surface area contributed by atoms with E-state index >= 15 is 0 Å². The Bertz CT molecular complexity index is 1060. The zero-order valence-electron chi connectivity index (χ0n) is 16.5. The molecular weight excluding hydrogens is 368 g/mol. The van der Waals surface area contributed by atoms with Crippen molar-refractivity contribution in [1.29, 1.82) is 0 Å². The van der Waals surface area contributed by atoms with Gasteiger partial charge in [-0.1, -0.05) is 25.1 Å². The van der Waals surface area contributed by atoms with Gasteiger partial charge in [0.1, 0.15) is 17.6 Å². The summed E-state index contributed by atoms with van der Waals surface area (Å²) in [4.78, 5) is 27.8. The summed E-state index contributed by atoms with van der Waals surface area (Å²) in [5.74, 6) is 1.88. The van der Waals surface area contributed by atoms with E-state index in [9.17, 15) is 9.59 Å². The zero-order chi connectivity index (χ0) is 20.4. The van der Waals surface area contributed by atoms with Gasteiger partial charge in [-0.3, -0.25) is 4.79 Å². The fraction of sp³-hybridized carbons (Fsp3) is 0.304. The molecule has 0 aliphatic heterocycles. The molecule has 29 heavy (non-hydrogen) atoms. The first-order valence-corrected chi connectivity index (χ1v) is 9.76. The summed E-state index contributed by atoms with van der Waals surface area (Å²) >= 11 is 0. The van der Waals surface area contributed by atoms with Crippen molar-refractivity contribution in [2.75, 3.05) is 7.11 Å². The summed E-state index contributed by atoms with van der Waals surface area (Å²) in [6, 6.07) is 10.9. The molecule has 1 amide bonds. The van der Waals surface area contributed by atoms with Crippen LogP contribution in [0.4, 0.5) is 0 Å². The number of rotatable bonds is 7. The molecule has 0 bridgehead atoms. The summed E-state index contributed by atoms with van der Waals surface area (Å²) in [6.07, 6.45) is 6.33. The Morgan fingerprint density at radius 2 is 2.10 bits per heavy atom. The molecule has 150 valence electrons. The van der Waals surface area contributed by atoms with E-state index in [1.807, 2.05) is 42.6 Å². The SMILES string of the molecule is COC(=O)C(Cc1c[nH]c2ccccc12)NC(=O)/C=C/c1ccc(C2CC2C)o1. The summed E-state index contributed by atoms with van der Waals surface area (Å²) in [5, 5.41) is 3.75. The number of aromatic nitrogens is 1. The van der Waals surface area contributed by atoms with Crippen molar-refractivity contribution in [2.45, 2.75) is 31.7 Å². The summed E-state index contributed by atoms with van der Waals surface area (Å²) in [6.45, 7) is 2.19. The van der Waals surface area contributed by atoms with Crippen LogP contribution >= 0.6 is 0 Å². The third-order valence-electron chi connectivity index (χ3n) is 5.42. The number of H-pyrrole nitrogens is 1. The lowest BCUT2D eigenvalue weighted by molar-refractivity contribution is -0.144. The van der Waals surface area contributed by atoms with Crippen molar-refractivity contribution in [3.8, 4) is 0 Å². The number of hydrogen-bond acceptors (Lipinski definition) is 4. The van der Waals surface area contributed by atoms with Crippen molar-refractivity contribution in [3.05, 3.63) is 65.8 Å². The number of ether oxygens (including phenoxy) is 1. The molecular formula is C23H24N2O4. The van der Waals surface area contributed by atoms with Gasteiger partial charge < -0.3 is 19.5 Å². The Labute approximate surface area is 168 Å². The van der Waals surface area contributed by atoms with Crippen LogP contribution in [0, 0.1) is 5.92 Å². The van der Waals surface area contributed by atoms with Gasteiger partial charge in [0.15, 0.2) is 0 Å². The predicted molar refractivity (Wildman–Crippen MR) is 110 cm³/mol. The van der Waals surface area contributed by atoms with Crippen LogP contribution in [0.3, 0.4) is 0 Å². The lowest BCUT2D eigenvalue weighted by Gasteiger charge is -2.15. The Kier molecular flexibility index (Phi) is 5.25. The number of esters is 1. The molecule has 0 spiro atoms. The topological polar surface area (TPSA) is 84.3 Å². The quantitative estimate of drug-likeness (QED) is 0.473. The van der Waals surface area contributed by atoms with Crippen LogP contribution in [-0.4, -0.2) is 30.0 Å². The number of hydrogen-bond donors (Lipinski definition) is 2. The highest BCUT2D eigenvalue weighted by atomic mass is 16.5. The molecule has 1 aromatic carbocycles. The highest BCUT2D eigenvalue weighted by Crippen LogP contribution is 2.47. The highest BCUT2D eigenvalue weighted by Gasteiger charge is 2.36. The van der Waals surface area contributed by atoms with E-state index in [1.165, 1.54) is 13.2 Å². The molecule has 2 N–H and O–H groups in total. The minimum absolute atomic E-state index is 0.334. The molecule has 0 saturated heterocycles. The molecule has 1 aliphatic rings. The largest absolute Gasteiger partial charge is 0.467 e. The van der Waals surface area contributed by atoms with Crippen molar-refractivity contribution in [1.82, 2.24) is 10.3 Å². The van der Waals surface area contributed by atoms with Crippen LogP contribution in [0.25, 0.3) is 17.0 Å². The molecule has 1 aliphatic carbocycles. The Morgan fingerprint density at radius 3 is 2.86 bits per heavy atom. The molecule has 1 fully saturated rings. The first kappa shape index (κ1) is 19.1. The monoisotopic (exact) mass is 392 g/mol. The number of furan rings is 1. The highest BCUT2D eigenvalue weighted by molar-refractivity contribution is 5.94. The predicted octanol–water partition coefficient (Wildman–Crippen LogP) is 3.80. The smallest absolute Gasteiger partial charge is 0.328 e. The fourth-order valence-electron chi connectivity index (χ4n) is 3.61. The second kappa shape index (κ2) is 7.99. The van der Waals surface area contributed by atoms with E-state index in [0.717, 1.165) is 28.6 Å². The van der Waals surface area contributed by atoms with Crippen molar-refractivity contribution in [2.24, 2.45) is 5.92 Å².